The van der Waals surface area contributed by atoms with Crippen LogP contribution >= 0.6 is 11.6 Å². The van der Waals surface area contributed by atoms with E-state index in [0.717, 1.165) is 5.56 Å². The van der Waals surface area contributed by atoms with Gasteiger partial charge in [0.1, 0.15) is 5.75 Å². The second kappa shape index (κ2) is 9.44. The second-order valence-electron chi connectivity index (χ2n) is 4.88. The standard InChI is InChI=1S/C18H17ClN2O4/c1-2-24-18(23)14-5-9-16(10-6-14)25-12-17(22)21-20-11-13-3-7-15(19)8-4-13/h3-11H,2,12H2,1H3,(H,21,22)/b20-11+. The Kier molecular flexibility index (Phi) is 6.98. The quantitative estimate of drug-likeness (QED) is 0.467. The molecule has 2 aromatic carbocycles. The van der Waals surface area contributed by atoms with Crippen LogP contribution in [0.3, 0.4) is 0 Å². The number of nitrogens with one attached hydrogen (secondary N) is 1. The molecule has 0 radical (unpaired) electrons. The van der Waals surface area contributed by atoms with Gasteiger partial charge in [0.2, 0.25) is 0 Å². The number of nitrogens with zero attached hydrogens (tertiary/aromatic N) is 1. The van der Waals surface area contributed by atoms with E-state index < -0.39 is 11.9 Å². The average Bonchev–Trinajstić information content (AvgIpc) is 2.62. The van der Waals surface area contributed by atoms with Gasteiger partial charge >= 0.3 is 5.97 Å². The molecule has 25 heavy (non-hydrogen) atoms. The zero-order valence-corrected chi connectivity index (χ0v) is 14.3. The molecule has 7 heteroatoms. The van der Waals surface area contributed by atoms with Crippen molar-refractivity contribution < 1.29 is 19.1 Å². The van der Waals surface area contributed by atoms with Crippen molar-refractivity contribution in [2.45, 2.75) is 6.92 Å². The Morgan fingerprint density at radius 2 is 1.80 bits per heavy atom. The predicted octanol–water partition coefficient (Wildman–Crippen LogP) is 3.05. The lowest BCUT2D eigenvalue weighted by atomic mass is 10.2. The number of hydrogen-bond acceptors (Lipinski definition) is 5. The molecule has 0 bridgehead atoms. The molecule has 0 fully saturated rings. The van der Waals surface area contributed by atoms with Crippen LogP contribution in [0.1, 0.15) is 22.8 Å². The molecule has 1 amide bonds. The summed E-state index contributed by atoms with van der Waals surface area (Å²) < 4.78 is 10.2. The number of halogens is 1. The van der Waals surface area contributed by atoms with Crippen LogP contribution in [0.5, 0.6) is 5.75 Å². The number of carbonyl (C=O) groups excluding carboxylic acids is 2. The van der Waals surface area contributed by atoms with E-state index in [9.17, 15) is 9.59 Å². The molecule has 130 valence electrons. The van der Waals surface area contributed by atoms with Gasteiger partial charge in [-0.15, -0.1) is 0 Å². The molecule has 0 atom stereocenters. The van der Waals surface area contributed by atoms with Crippen molar-refractivity contribution in [1.29, 1.82) is 0 Å². The molecule has 6 nitrogen and oxygen atoms in total. The van der Waals surface area contributed by atoms with Crippen LogP contribution in [0.15, 0.2) is 53.6 Å². The van der Waals surface area contributed by atoms with Crippen molar-refractivity contribution in [3.63, 3.8) is 0 Å². The van der Waals surface area contributed by atoms with Gasteiger partial charge in [0.25, 0.3) is 5.91 Å². The van der Waals surface area contributed by atoms with Crippen molar-refractivity contribution >= 4 is 29.7 Å². The summed E-state index contributed by atoms with van der Waals surface area (Å²) in [6, 6.07) is 13.3. The van der Waals surface area contributed by atoms with E-state index in [2.05, 4.69) is 10.5 Å². The molecule has 0 unspecified atom stereocenters. The highest BCUT2D eigenvalue weighted by Crippen LogP contribution is 2.13. The van der Waals surface area contributed by atoms with Gasteiger partial charge < -0.3 is 9.47 Å². The van der Waals surface area contributed by atoms with Gasteiger partial charge in [-0.3, -0.25) is 4.79 Å². The van der Waals surface area contributed by atoms with Crippen molar-refractivity contribution in [1.82, 2.24) is 5.43 Å². The Hall–Kier alpha value is -2.86. The van der Waals surface area contributed by atoms with Gasteiger partial charge in [-0.1, -0.05) is 23.7 Å². The summed E-state index contributed by atoms with van der Waals surface area (Å²) in [4.78, 5) is 23.2. The maximum Gasteiger partial charge on any atom is 0.338 e. The lowest BCUT2D eigenvalue weighted by Crippen LogP contribution is -2.24. The summed E-state index contributed by atoms with van der Waals surface area (Å²) in [5.74, 6) is -0.340. The third-order valence-corrected chi connectivity index (χ3v) is 3.26. The lowest BCUT2D eigenvalue weighted by Gasteiger charge is -2.06. The van der Waals surface area contributed by atoms with E-state index in [4.69, 9.17) is 21.1 Å². The van der Waals surface area contributed by atoms with Crippen molar-refractivity contribution in [3.05, 3.63) is 64.7 Å². The molecule has 0 spiro atoms. The summed E-state index contributed by atoms with van der Waals surface area (Å²) in [6.07, 6.45) is 1.50. The van der Waals surface area contributed by atoms with Crippen LogP contribution in [0, 0.1) is 0 Å². The molecule has 1 N–H and O–H groups in total. The Morgan fingerprint density at radius 3 is 2.44 bits per heavy atom. The Morgan fingerprint density at radius 1 is 1.12 bits per heavy atom. The summed E-state index contributed by atoms with van der Waals surface area (Å²) >= 11 is 5.78. The van der Waals surface area contributed by atoms with Crippen LogP contribution in [-0.4, -0.2) is 31.3 Å². The number of ether oxygens (including phenoxy) is 2. The minimum absolute atomic E-state index is 0.198. The first-order valence-corrected chi connectivity index (χ1v) is 7.93. The van der Waals surface area contributed by atoms with Crippen LogP contribution in [0.25, 0.3) is 0 Å². The third kappa shape index (κ3) is 6.27. The molecule has 0 aliphatic carbocycles. The maximum absolute atomic E-state index is 11.7. The molecule has 2 rings (SSSR count). The van der Waals surface area contributed by atoms with Crippen LogP contribution in [0.2, 0.25) is 5.02 Å². The first-order chi connectivity index (χ1) is 12.1. The topological polar surface area (TPSA) is 77.0 Å². The molecule has 0 aliphatic rings. The van der Waals surface area contributed by atoms with Crippen LogP contribution in [0.4, 0.5) is 0 Å². The van der Waals surface area contributed by atoms with E-state index in [-0.39, 0.29) is 6.61 Å². The third-order valence-electron chi connectivity index (χ3n) is 3.01. The first-order valence-electron chi connectivity index (χ1n) is 7.56. The Balaban J connectivity index is 1.77. The average molecular weight is 361 g/mol. The monoisotopic (exact) mass is 360 g/mol. The number of carbonyl (C=O) groups is 2. The summed E-state index contributed by atoms with van der Waals surface area (Å²) in [7, 11) is 0. The van der Waals surface area contributed by atoms with Crippen LogP contribution < -0.4 is 10.2 Å². The number of rotatable bonds is 7. The van der Waals surface area contributed by atoms with E-state index in [1.807, 2.05) is 0 Å². The van der Waals surface area contributed by atoms with E-state index in [1.54, 1.807) is 55.5 Å². The Bertz CT molecular complexity index is 743. The largest absolute Gasteiger partial charge is 0.484 e. The predicted molar refractivity (Wildman–Crippen MR) is 95.1 cm³/mol. The van der Waals surface area contributed by atoms with Crippen LogP contribution in [-0.2, 0) is 9.53 Å². The normalized spacial score (nSPS) is 10.5. The SMILES string of the molecule is CCOC(=O)c1ccc(OCC(=O)N/N=C/c2ccc(Cl)cc2)cc1. The van der Waals surface area contributed by atoms with Gasteiger partial charge in [-0.05, 0) is 48.9 Å². The lowest BCUT2D eigenvalue weighted by molar-refractivity contribution is -0.123. The molecular weight excluding hydrogens is 344 g/mol. The van der Waals surface area contributed by atoms with Gasteiger partial charge in [-0.2, -0.15) is 5.10 Å². The van der Waals surface area contributed by atoms with Gasteiger partial charge in [0, 0.05) is 5.02 Å². The van der Waals surface area contributed by atoms with Gasteiger partial charge in [0.15, 0.2) is 6.61 Å². The van der Waals surface area contributed by atoms with Crippen molar-refractivity contribution in [2.24, 2.45) is 5.10 Å². The smallest absolute Gasteiger partial charge is 0.338 e. The molecule has 0 heterocycles. The highest BCUT2D eigenvalue weighted by Gasteiger charge is 2.07. The summed E-state index contributed by atoms with van der Waals surface area (Å²) in [6.45, 7) is 1.86. The van der Waals surface area contributed by atoms with Gasteiger partial charge in [-0.25, -0.2) is 10.2 Å². The highest BCUT2D eigenvalue weighted by atomic mass is 35.5. The minimum atomic E-state index is -0.403. The van der Waals surface area contributed by atoms with E-state index in [1.165, 1.54) is 6.21 Å². The fraction of sp³-hybridized carbons (Fsp3) is 0.167. The van der Waals surface area contributed by atoms with E-state index >= 15 is 0 Å². The Labute approximate surface area is 150 Å². The number of benzene rings is 2. The van der Waals surface area contributed by atoms with Crippen molar-refractivity contribution in [3.8, 4) is 5.75 Å². The fourth-order valence-electron chi connectivity index (χ4n) is 1.81. The molecule has 2 aromatic rings. The second-order valence-corrected chi connectivity index (χ2v) is 5.31. The molecule has 0 saturated heterocycles. The molecule has 0 saturated carbocycles. The fourth-order valence-corrected chi connectivity index (χ4v) is 1.94. The van der Waals surface area contributed by atoms with Crippen molar-refractivity contribution in [2.75, 3.05) is 13.2 Å². The number of esters is 1. The number of amides is 1. The summed E-state index contributed by atoms with van der Waals surface area (Å²) in [5, 5.41) is 4.46. The first kappa shape index (κ1) is 18.5. The number of hydrazone groups is 1. The zero-order valence-electron chi connectivity index (χ0n) is 13.6. The minimum Gasteiger partial charge on any atom is -0.484 e. The molecule has 0 aromatic heterocycles. The maximum atomic E-state index is 11.7. The van der Waals surface area contributed by atoms with Gasteiger partial charge in [0.05, 0.1) is 18.4 Å². The van der Waals surface area contributed by atoms with E-state index in [0.29, 0.717) is 22.9 Å². The molecule has 0 aliphatic heterocycles. The highest BCUT2D eigenvalue weighted by molar-refractivity contribution is 6.30. The zero-order chi connectivity index (χ0) is 18.1. The number of hydrogen-bond donors (Lipinski definition) is 1. The molecular formula is C18H17ClN2O4. The summed E-state index contributed by atoms with van der Waals surface area (Å²) in [5.41, 5.74) is 3.59.